The monoisotopic (exact) mass is 393 g/mol. The Balaban J connectivity index is 1.79. The summed E-state index contributed by atoms with van der Waals surface area (Å²) < 4.78 is 7.13. The average Bonchev–Trinajstić information content (AvgIpc) is 2.93. The fourth-order valence-electron chi connectivity index (χ4n) is 3.09. The maximum atomic E-state index is 6.11. The van der Waals surface area contributed by atoms with E-state index in [1.165, 1.54) is 5.56 Å². The molecule has 0 amide bonds. The van der Waals surface area contributed by atoms with Crippen molar-refractivity contribution in [2.75, 3.05) is 5.32 Å². The van der Waals surface area contributed by atoms with Crippen molar-refractivity contribution < 1.29 is 4.42 Å². The molecule has 2 nitrogen and oxygen atoms in total. The van der Waals surface area contributed by atoms with Gasteiger partial charge >= 0.3 is 0 Å². The molecule has 0 saturated carbocycles. The lowest BCUT2D eigenvalue weighted by Crippen LogP contribution is -2.10. The van der Waals surface area contributed by atoms with Crippen LogP contribution in [-0.4, -0.2) is 0 Å². The Hall–Kier alpha value is -2.26. The average molecular weight is 394 g/mol. The van der Waals surface area contributed by atoms with Crippen molar-refractivity contribution in [2.45, 2.75) is 26.2 Å². The van der Waals surface area contributed by atoms with Crippen LogP contribution in [0.25, 0.3) is 21.9 Å². The summed E-state index contributed by atoms with van der Waals surface area (Å²) in [4.78, 5) is 0. The standard InChI is InChI=1S/C22H20BrNO/c1-22(2,3)14-8-10-16(11-9-14)24-19-13-15(23)12-18-17-6-4-5-7-20(17)25-21(18)19/h4-13,24H,1-3H3. The highest BCUT2D eigenvalue weighted by Gasteiger charge is 2.14. The van der Waals surface area contributed by atoms with Crippen molar-refractivity contribution in [3.63, 3.8) is 0 Å². The third-order valence-electron chi connectivity index (χ3n) is 4.47. The number of para-hydroxylation sites is 1. The second-order valence-electron chi connectivity index (χ2n) is 7.38. The number of nitrogens with one attached hydrogen (secondary N) is 1. The number of rotatable bonds is 2. The van der Waals surface area contributed by atoms with Crippen LogP contribution in [0.3, 0.4) is 0 Å². The summed E-state index contributed by atoms with van der Waals surface area (Å²) >= 11 is 3.62. The summed E-state index contributed by atoms with van der Waals surface area (Å²) in [7, 11) is 0. The Morgan fingerprint density at radius 3 is 2.32 bits per heavy atom. The Kier molecular flexibility index (Phi) is 3.84. The van der Waals surface area contributed by atoms with Crippen LogP contribution in [0.2, 0.25) is 0 Å². The van der Waals surface area contributed by atoms with Gasteiger partial charge in [-0.05, 0) is 41.3 Å². The van der Waals surface area contributed by atoms with Gasteiger partial charge in [-0.1, -0.05) is 67.0 Å². The van der Waals surface area contributed by atoms with Gasteiger partial charge in [0.15, 0.2) is 5.58 Å². The zero-order valence-corrected chi connectivity index (χ0v) is 16.1. The highest BCUT2D eigenvalue weighted by Crippen LogP contribution is 2.37. The highest BCUT2D eigenvalue weighted by atomic mass is 79.9. The molecular formula is C22H20BrNO. The SMILES string of the molecule is CC(C)(C)c1ccc(Nc2cc(Br)cc3c2oc2ccccc23)cc1. The van der Waals surface area contributed by atoms with Crippen LogP contribution in [-0.2, 0) is 5.41 Å². The molecule has 3 aromatic carbocycles. The minimum atomic E-state index is 0.153. The smallest absolute Gasteiger partial charge is 0.158 e. The Bertz CT molecular complexity index is 1060. The molecule has 0 radical (unpaired) electrons. The van der Waals surface area contributed by atoms with E-state index in [0.29, 0.717) is 0 Å². The highest BCUT2D eigenvalue weighted by molar-refractivity contribution is 9.10. The molecule has 0 aliphatic heterocycles. The first-order valence-corrected chi connectivity index (χ1v) is 9.19. The fourth-order valence-corrected chi connectivity index (χ4v) is 3.55. The number of hydrogen-bond donors (Lipinski definition) is 1. The van der Waals surface area contributed by atoms with Crippen LogP contribution in [0.15, 0.2) is 69.6 Å². The minimum absolute atomic E-state index is 0.153. The van der Waals surface area contributed by atoms with Gasteiger partial charge < -0.3 is 9.73 Å². The Morgan fingerprint density at radius 2 is 1.60 bits per heavy atom. The van der Waals surface area contributed by atoms with Crippen LogP contribution in [0, 0.1) is 0 Å². The van der Waals surface area contributed by atoms with Gasteiger partial charge in [0.05, 0.1) is 5.69 Å². The number of benzene rings is 3. The van der Waals surface area contributed by atoms with Crippen LogP contribution >= 0.6 is 15.9 Å². The third kappa shape index (κ3) is 3.05. The summed E-state index contributed by atoms with van der Waals surface area (Å²) in [6, 6.07) is 20.9. The molecule has 25 heavy (non-hydrogen) atoms. The molecule has 1 heterocycles. The van der Waals surface area contributed by atoms with E-state index in [9.17, 15) is 0 Å². The molecule has 1 aromatic heterocycles. The molecule has 0 aliphatic carbocycles. The number of fused-ring (bicyclic) bond motifs is 3. The maximum absolute atomic E-state index is 6.11. The second-order valence-corrected chi connectivity index (χ2v) is 8.30. The number of anilines is 2. The number of furan rings is 1. The van der Waals surface area contributed by atoms with Crippen molar-refractivity contribution in [1.29, 1.82) is 0 Å². The van der Waals surface area contributed by atoms with Gasteiger partial charge in [-0.3, -0.25) is 0 Å². The van der Waals surface area contributed by atoms with E-state index in [1.54, 1.807) is 0 Å². The zero-order chi connectivity index (χ0) is 17.6. The largest absolute Gasteiger partial charge is 0.454 e. The molecule has 0 bridgehead atoms. The summed E-state index contributed by atoms with van der Waals surface area (Å²) in [6.07, 6.45) is 0. The van der Waals surface area contributed by atoms with E-state index in [0.717, 1.165) is 37.8 Å². The van der Waals surface area contributed by atoms with Crippen molar-refractivity contribution in [2.24, 2.45) is 0 Å². The van der Waals surface area contributed by atoms with Gasteiger partial charge in [0.2, 0.25) is 0 Å². The summed E-state index contributed by atoms with van der Waals surface area (Å²) in [5.74, 6) is 0. The van der Waals surface area contributed by atoms with Gasteiger partial charge in [-0.25, -0.2) is 0 Å². The quantitative estimate of drug-likeness (QED) is 0.383. The molecule has 4 aromatic rings. The van der Waals surface area contributed by atoms with Crippen molar-refractivity contribution in [3.05, 3.63) is 70.7 Å². The third-order valence-corrected chi connectivity index (χ3v) is 4.93. The lowest BCUT2D eigenvalue weighted by molar-refractivity contribution is 0.590. The number of hydrogen-bond acceptors (Lipinski definition) is 2. The molecule has 1 N–H and O–H groups in total. The van der Waals surface area contributed by atoms with Crippen LogP contribution in [0.4, 0.5) is 11.4 Å². The zero-order valence-electron chi connectivity index (χ0n) is 14.6. The summed E-state index contributed by atoms with van der Waals surface area (Å²) in [6.45, 7) is 6.67. The molecule has 0 fully saturated rings. The van der Waals surface area contributed by atoms with E-state index in [1.807, 2.05) is 18.2 Å². The first-order chi connectivity index (χ1) is 11.9. The van der Waals surface area contributed by atoms with Crippen LogP contribution < -0.4 is 5.32 Å². The normalized spacial score (nSPS) is 12.0. The molecule has 4 rings (SSSR count). The summed E-state index contributed by atoms with van der Waals surface area (Å²) in [5, 5.41) is 5.74. The van der Waals surface area contributed by atoms with E-state index in [-0.39, 0.29) is 5.41 Å². The molecule has 0 aliphatic rings. The minimum Gasteiger partial charge on any atom is -0.454 e. The first kappa shape index (κ1) is 16.2. The molecule has 126 valence electrons. The van der Waals surface area contributed by atoms with E-state index in [2.05, 4.69) is 84.5 Å². The van der Waals surface area contributed by atoms with Crippen molar-refractivity contribution >= 4 is 49.2 Å². The van der Waals surface area contributed by atoms with Gasteiger partial charge in [0, 0.05) is 20.9 Å². The Labute approximate surface area is 156 Å². The van der Waals surface area contributed by atoms with Gasteiger partial charge in [-0.2, -0.15) is 0 Å². The van der Waals surface area contributed by atoms with Gasteiger partial charge in [0.25, 0.3) is 0 Å². The van der Waals surface area contributed by atoms with E-state index >= 15 is 0 Å². The lowest BCUT2D eigenvalue weighted by atomic mass is 9.87. The van der Waals surface area contributed by atoms with E-state index < -0.39 is 0 Å². The second kappa shape index (κ2) is 5.92. The predicted octanol–water partition coefficient (Wildman–Crippen LogP) is 7.39. The topological polar surface area (TPSA) is 25.2 Å². The molecule has 0 saturated heterocycles. The summed E-state index contributed by atoms with van der Waals surface area (Å²) in [5.41, 5.74) is 5.27. The van der Waals surface area contributed by atoms with Gasteiger partial charge in [0.1, 0.15) is 5.58 Å². The Morgan fingerprint density at radius 1 is 0.880 bits per heavy atom. The van der Waals surface area contributed by atoms with Crippen molar-refractivity contribution in [1.82, 2.24) is 0 Å². The number of halogens is 1. The molecule has 0 atom stereocenters. The molecule has 0 unspecified atom stereocenters. The van der Waals surface area contributed by atoms with Gasteiger partial charge in [-0.15, -0.1) is 0 Å². The van der Waals surface area contributed by atoms with E-state index in [4.69, 9.17) is 4.42 Å². The molecular weight excluding hydrogens is 374 g/mol. The molecule has 3 heteroatoms. The molecule has 0 spiro atoms. The first-order valence-electron chi connectivity index (χ1n) is 8.40. The predicted molar refractivity (Wildman–Crippen MR) is 110 cm³/mol. The van der Waals surface area contributed by atoms with Crippen LogP contribution in [0.1, 0.15) is 26.3 Å². The lowest BCUT2D eigenvalue weighted by Gasteiger charge is -2.19. The maximum Gasteiger partial charge on any atom is 0.158 e. The van der Waals surface area contributed by atoms with Crippen LogP contribution in [0.5, 0.6) is 0 Å². The fraction of sp³-hybridized carbons (Fsp3) is 0.182. The van der Waals surface area contributed by atoms with Crippen molar-refractivity contribution in [3.8, 4) is 0 Å².